The normalized spacial score (nSPS) is 11.1. The van der Waals surface area contributed by atoms with Crippen LogP contribution in [0.1, 0.15) is 35.3 Å². The van der Waals surface area contributed by atoms with Crippen molar-refractivity contribution in [2.24, 2.45) is 0 Å². The summed E-state index contributed by atoms with van der Waals surface area (Å²) in [4.78, 5) is 12.8. The maximum absolute atomic E-state index is 12.8. The molecule has 0 aromatic heterocycles. The molecule has 2 aliphatic rings. The van der Waals surface area contributed by atoms with Crippen molar-refractivity contribution in [3.8, 4) is 22.5 Å². The summed E-state index contributed by atoms with van der Waals surface area (Å²) in [5.41, 5.74) is 6.72. The minimum Gasteiger partial charge on any atom is -0.462 e. The molecule has 158 valence electrons. The second-order valence-electron chi connectivity index (χ2n) is 7.60. The van der Waals surface area contributed by atoms with Gasteiger partial charge in [-0.05, 0) is 62.6 Å². The maximum Gasteiger partial charge on any atom is 0.338 e. The van der Waals surface area contributed by atoms with Gasteiger partial charge in [-0.2, -0.15) is 0 Å². The summed E-state index contributed by atoms with van der Waals surface area (Å²) in [6.07, 6.45) is 0. The lowest BCUT2D eigenvalue weighted by atomic mass is 9.89. The Bertz CT molecular complexity index is 1320. The summed E-state index contributed by atoms with van der Waals surface area (Å²) in [5, 5.41) is 12.9. The van der Waals surface area contributed by atoms with Gasteiger partial charge in [0.25, 0.3) is 0 Å². The highest BCUT2D eigenvalue weighted by atomic mass is 16.5. The zero-order valence-corrected chi connectivity index (χ0v) is 18.3. The first kappa shape index (κ1) is 20.7. The van der Waals surface area contributed by atoms with Crippen LogP contribution in [0.4, 0.5) is 5.69 Å². The number of carbonyl (C=O) groups excluding carboxylic acids is 1. The summed E-state index contributed by atoms with van der Waals surface area (Å²) in [5.74, 6) is 0.262. The molecule has 2 aromatic carbocycles. The van der Waals surface area contributed by atoms with Gasteiger partial charge < -0.3 is 19.9 Å². The molecule has 0 radical (unpaired) electrons. The molecular weight excluding hydrogens is 388 g/mol. The lowest BCUT2D eigenvalue weighted by molar-refractivity contribution is 0.0527. The van der Waals surface area contributed by atoms with Crippen LogP contribution >= 0.6 is 0 Å². The fourth-order valence-corrected chi connectivity index (χ4v) is 3.96. The molecule has 0 fully saturated rings. The molecule has 31 heavy (non-hydrogen) atoms. The van der Waals surface area contributed by atoms with E-state index in [0.717, 1.165) is 45.4 Å². The number of nitrogens with one attached hydrogen (secondary N) is 2. The Morgan fingerprint density at radius 2 is 1.81 bits per heavy atom. The Balaban J connectivity index is 2.15. The van der Waals surface area contributed by atoms with Gasteiger partial charge >= 0.3 is 5.97 Å². The minimum absolute atomic E-state index is 0.311. The van der Waals surface area contributed by atoms with Crippen LogP contribution in [0.3, 0.4) is 0 Å². The van der Waals surface area contributed by atoms with Crippen molar-refractivity contribution in [3.05, 3.63) is 70.6 Å². The third-order valence-electron chi connectivity index (χ3n) is 5.47. The molecule has 5 heteroatoms. The summed E-state index contributed by atoms with van der Waals surface area (Å²) in [6, 6.07) is 15.3. The smallest absolute Gasteiger partial charge is 0.338 e. The predicted molar refractivity (Wildman–Crippen MR) is 124 cm³/mol. The summed E-state index contributed by atoms with van der Waals surface area (Å²) >= 11 is 0. The quantitative estimate of drug-likeness (QED) is 0.314. The fraction of sp³-hybridized carbons (Fsp3) is 0.231. The SMILES string of the molecule is CCNc1cc2oc3cc(=N)c(C)cc-3c(-c3ccccc3C(=O)OCC)c2cc1C. The van der Waals surface area contributed by atoms with Crippen LogP contribution in [0.2, 0.25) is 0 Å². The van der Waals surface area contributed by atoms with Crippen molar-refractivity contribution < 1.29 is 13.9 Å². The van der Waals surface area contributed by atoms with Crippen molar-refractivity contribution in [3.63, 3.8) is 0 Å². The molecule has 0 atom stereocenters. The highest BCUT2D eigenvalue weighted by Crippen LogP contribution is 2.42. The molecule has 2 N–H and O–H groups in total. The van der Waals surface area contributed by atoms with Crippen LogP contribution in [0.25, 0.3) is 33.4 Å². The second kappa shape index (κ2) is 8.26. The number of esters is 1. The maximum atomic E-state index is 12.8. The molecule has 0 unspecified atom stereocenters. The highest BCUT2D eigenvalue weighted by Gasteiger charge is 2.23. The average molecular weight is 415 g/mol. The van der Waals surface area contributed by atoms with Crippen LogP contribution in [0, 0.1) is 19.3 Å². The monoisotopic (exact) mass is 414 g/mol. The van der Waals surface area contributed by atoms with Crippen LogP contribution in [-0.4, -0.2) is 19.1 Å². The Labute approximate surface area is 181 Å². The molecule has 5 nitrogen and oxygen atoms in total. The van der Waals surface area contributed by atoms with Gasteiger partial charge in [-0.1, -0.05) is 18.2 Å². The predicted octanol–water partition coefficient (Wildman–Crippen LogP) is 5.91. The number of anilines is 1. The molecule has 1 aliphatic carbocycles. The van der Waals surface area contributed by atoms with E-state index in [1.54, 1.807) is 19.1 Å². The molecule has 0 saturated carbocycles. The van der Waals surface area contributed by atoms with Crippen molar-refractivity contribution >= 4 is 22.6 Å². The van der Waals surface area contributed by atoms with Crippen molar-refractivity contribution in [1.82, 2.24) is 0 Å². The molecule has 1 heterocycles. The number of benzene rings is 3. The largest absolute Gasteiger partial charge is 0.462 e. The number of hydrogen-bond acceptors (Lipinski definition) is 5. The van der Waals surface area contributed by atoms with Gasteiger partial charge in [0.05, 0.1) is 17.5 Å². The third kappa shape index (κ3) is 3.67. The average Bonchev–Trinajstić information content (AvgIpc) is 2.75. The summed E-state index contributed by atoms with van der Waals surface area (Å²) in [7, 11) is 0. The molecule has 4 rings (SSSR count). The highest BCUT2D eigenvalue weighted by molar-refractivity contribution is 6.08. The van der Waals surface area contributed by atoms with Crippen LogP contribution < -0.4 is 10.7 Å². The molecule has 0 amide bonds. The molecule has 1 aliphatic heterocycles. The van der Waals surface area contributed by atoms with Crippen LogP contribution in [-0.2, 0) is 4.74 Å². The topological polar surface area (TPSA) is 75.3 Å². The van der Waals surface area contributed by atoms with Gasteiger partial charge in [0.15, 0.2) is 0 Å². The molecule has 2 aromatic rings. The van der Waals surface area contributed by atoms with Gasteiger partial charge in [-0.3, -0.25) is 0 Å². The van der Waals surface area contributed by atoms with Gasteiger partial charge in [-0.25, -0.2) is 4.79 Å². The van der Waals surface area contributed by atoms with E-state index >= 15 is 0 Å². The fourth-order valence-electron chi connectivity index (χ4n) is 3.96. The van der Waals surface area contributed by atoms with E-state index in [1.807, 2.05) is 37.3 Å². The van der Waals surface area contributed by atoms with E-state index < -0.39 is 0 Å². The van der Waals surface area contributed by atoms with Crippen LogP contribution in [0.15, 0.2) is 52.9 Å². The first-order valence-electron chi connectivity index (χ1n) is 10.5. The van der Waals surface area contributed by atoms with E-state index in [2.05, 4.69) is 25.2 Å². The Morgan fingerprint density at radius 1 is 1.03 bits per heavy atom. The van der Waals surface area contributed by atoms with E-state index in [-0.39, 0.29) is 5.97 Å². The summed E-state index contributed by atoms with van der Waals surface area (Å²) < 4.78 is 11.6. The van der Waals surface area contributed by atoms with Crippen molar-refractivity contribution in [2.45, 2.75) is 27.7 Å². The number of rotatable bonds is 5. The molecule has 0 saturated heterocycles. The van der Waals surface area contributed by atoms with E-state index in [0.29, 0.717) is 28.9 Å². The van der Waals surface area contributed by atoms with Gasteiger partial charge in [-0.15, -0.1) is 0 Å². The van der Waals surface area contributed by atoms with Gasteiger partial charge in [0.2, 0.25) is 0 Å². The lowest BCUT2D eigenvalue weighted by Gasteiger charge is -2.19. The first-order valence-corrected chi connectivity index (χ1v) is 10.5. The summed E-state index contributed by atoms with van der Waals surface area (Å²) in [6.45, 7) is 8.93. The second-order valence-corrected chi connectivity index (χ2v) is 7.60. The Hall–Kier alpha value is -3.60. The standard InChI is InChI=1S/C26H26N2O3/c1-5-28-22-14-24-20(12-16(22)4)25(19-11-15(3)21(27)13-23(19)31-24)17-9-7-8-10-18(17)26(29)30-6-2/h7-14,27-28H,5-6H2,1-4H3. The minimum atomic E-state index is -0.352. The number of hydrogen-bond donors (Lipinski definition) is 2. The third-order valence-corrected chi connectivity index (χ3v) is 5.47. The van der Waals surface area contributed by atoms with Gasteiger partial charge in [0.1, 0.15) is 11.3 Å². The lowest BCUT2D eigenvalue weighted by Crippen LogP contribution is -2.09. The zero-order chi connectivity index (χ0) is 22.1. The Kier molecular flexibility index (Phi) is 5.51. The molecular formula is C26H26N2O3. The van der Waals surface area contributed by atoms with E-state index in [4.69, 9.17) is 14.6 Å². The van der Waals surface area contributed by atoms with Crippen molar-refractivity contribution in [2.75, 3.05) is 18.5 Å². The zero-order valence-electron chi connectivity index (χ0n) is 18.3. The number of fused-ring (bicyclic) bond motifs is 2. The van der Waals surface area contributed by atoms with Crippen LogP contribution in [0.5, 0.6) is 0 Å². The molecule has 0 spiro atoms. The molecule has 0 bridgehead atoms. The Morgan fingerprint density at radius 3 is 2.55 bits per heavy atom. The van der Waals surface area contributed by atoms with E-state index in [9.17, 15) is 4.79 Å². The number of aryl methyl sites for hydroxylation is 2. The van der Waals surface area contributed by atoms with Gasteiger partial charge in [0, 0.05) is 40.9 Å². The van der Waals surface area contributed by atoms with Crippen molar-refractivity contribution in [1.29, 1.82) is 5.41 Å². The first-order chi connectivity index (χ1) is 14.9. The number of ether oxygens (including phenoxy) is 1. The number of carbonyl (C=O) groups is 1. The van der Waals surface area contributed by atoms with E-state index in [1.165, 1.54) is 0 Å².